The summed E-state index contributed by atoms with van der Waals surface area (Å²) in [6.45, 7) is 3.84. The molecule has 0 aromatic carbocycles. The van der Waals surface area contributed by atoms with Crippen molar-refractivity contribution in [3.63, 3.8) is 0 Å². The van der Waals surface area contributed by atoms with Crippen LogP contribution in [-0.4, -0.2) is 19.0 Å². The van der Waals surface area contributed by atoms with Gasteiger partial charge >= 0.3 is 5.97 Å². The molecule has 4 nitrogen and oxygen atoms in total. The number of carbonyl (C=O) groups is 2. The molecule has 0 rings (SSSR count). The van der Waals surface area contributed by atoms with E-state index in [1.54, 1.807) is 0 Å². The van der Waals surface area contributed by atoms with Crippen LogP contribution in [0, 0.1) is 11.8 Å². The molecular weight excluding hydrogens is 172 g/mol. The maximum absolute atomic E-state index is 11.1. The highest BCUT2D eigenvalue weighted by Gasteiger charge is 2.20. The Balaban J connectivity index is 4.18. The fourth-order valence-electron chi connectivity index (χ4n) is 1.20. The standard InChI is InChI=1S/C9H16O4/c1-6(2)4-7(5-8(10)11)9(12)13-3/h6-7H,4-5H2,1-3H3,(H,10,11)/p-1. The molecule has 0 N–H and O–H groups in total. The minimum absolute atomic E-state index is 0.259. The number of esters is 1. The van der Waals surface area contributed by atoms with Crippen molar-refractivity contribution in [3.05, 3.63) is 0 Å². The lowest BCUT2D eigenvalue weighted by Gasteiger charge is -2.16. The van der Waals surface area contributed by atoms with Crippen molar-refractivity contribution >= 4 is 11.9 Å². The number of hydrogen-bond acceptors (Lipinski definition) is 4. The minimum atomic E-state index is -1.21. The van der Waals surface area contributed by atoms with Gasteiger partial charge in [-0.25, -0.2) is 0 Å². The monoisotopic (exact) mass is 187 g/mol. The molecule has 0 aliphatic rings. The number of hydrogen-bond donors (Lipinski definition) is 0. The van der Waals surface area contributed by atoms with Crippen LogP contribution in [0.1, 0.15) is 26.7 Å². The zero-order chi connectivity index (χ0) is 10.4. The average molecular weight is 187 g/mol. The van der Waals surface area contributed by atoms with Crippen LogP contribution >= 0.6 is 0 Å². The highest BCUT2D eigenvalue weighted by atomic mass is 16.5. The van der Waals surface area contributed by atoms with Crippen LogP contribution in [-0.2, 0) is 14.3 Å². The van der Waals surface area contributed by atoms with Gasteiger partial charge in [0.25, 0.3) is 0 Å². The molecule has 0 aromatic heterocycles. The molecule has 0 radical (unpaired) electrons. The summed E-state index contributed by atoms with van der Waals surface area (Å²) in [7, 11) is 1.25. The van der Waals surface area contributed by atoms with Crippen LogP contribution in [0.2, 0.25) is 0 Å². The van der Waals surface area contributed by atoms with E-state index in [0.717, 1.165) is 0 Å². The van der Waals surface area contributed by atoms with Gasteiger partial charge in [-0.05, 0) is 12.3 Å². The minimum Gasteiger partial charge on any atom is -0.550 e. The SMILES string of the molecule is COC(=O)C(CC(=O)[O-])CC(C)C. The predicted octanol–water partition coefficient (Wildman–Crippen LogP) is -0.0383. The van der Waals surface area contributed by atoms with E-state index in [-0.39, 0.29) is 12.3 Å². The normalized spacial score (nSPS) is 12.6. The molecule has 0 saturated heterocycles. The second-order valence-corrected chi connectivity index (χ2v) is 3.43. The molecule has 0 aromatic rings. The van der Waals surface area contributed by atoms with Crippen molar-refractivity contribution in [2.75, 3.05) is 7.11 Å². The summed E-state index contributed by atoms with van der Waals surface area (Å²) < 4.78 is 4.48. The molecule has 13 heavy (non-hydrogen) atoms. The van der Waals surface area contributed by atoms with Crippen LogP contribution in [0.5, 0.6) is 0 Å². The number of carbonyl (C=O) groups excluding carboxylic acids is 2. The summed E-state index contributed by atoms with van der Waals surface area (Å²) in [6.07, 6.45) is 0.255. The van der Waals surface area contributed by atoms with Crippen LogP contribution in [0.4, 0.5) is 0 Å². The van der Waals surface area contributed by atoms with Crippen molar-refractivity contribution < 1.29 is 19.4 Å². The van der Waals surface area contributed by atoms with Gasteiger partial charge < -0.3 is 14.6 Å². The molecule has 0 aliphatic heterocycles. The Morgan fingerprint density at radius 3 is 2.23 bits per heavy atom. The Labute approximate surface area is 77.9 Å². The van der Waals surface area contributed by atoms with Crippen molar-refractivity contribution in [1.82, 2.24) is 0 Å². The smallest absolute Gasteiger partial charge is 0.309 e. The Hall–Kier alpha value is -1.06. The lowest BCUT2D eigenvalue weighted by Crippen LogP contribution is -2.29. The first-order valence-electron chi connectivity index (χ1n) is 4.25. The summed E-state index contributed by atoms with van der Waals surface area (Å²) >= 11 is 0. The quantitative estimate of drug-likeness (QED) is 0.566. The summed E-state index contributed by atoms with van der Waals surface area (Å²) in [5.41, 5.74) is 0. The molecule has 1 unspecified atom stereocenters. The van der Waals surface area contributed by atoms with Gasteiger partial charge in [0, 0.05) is 12.4 Å². The van der Waals surface area contributed by atoms with E-state index in [9.17, 15) is 14.7 Å². The number of aliphatic carboxylic acids is 1. The molecule has 0 aliphatic carbocycles. The second kappa shape index (κ2) is 5.56. The van der Waals surface area contributed by atoms with E-state index in [1.807, 2.05) is 13.8 Å². The van der Waals surface area contributed by atoms with E-state index in [4.69, 9.17) is 0 Å². The molecule has 0 heterocycles. The number of carboxylic acid groups (broad SMARTS) is 1. The van der Waals surface area contributed by atoms with Crippen molar-refractivity contribution in [2.24, 2.45) is 11.8 Å². The van der Waals surface area contributed by atoms with Crippen molar-refractivity contribution in [3.8, 4) is 0 Å². The average Bonchev–Trinajstić information content (AvgIpc) is 2.00. The van der Waals surface area contributed by atoms with Gasteiger partial charge in [0.05, 0.1) is 13.0 Å². The molecular formula is C9H15O4-. The van der Waals surface area contributed by atoms with Crippen LogP contribution in [0.25, 0.3) is 0 Å². The zero-order valence-corrected chi connectivity index (χ0v) is 8.20. The maximum Gasteiger partial charge on any atom is 0.309 e. The van der Waals surface area contributed by atoms with Gasteiger partial charge in [-0.2, -0.15) is 0 Å². The molecule has 0 bridgehead atoms. The number of rotatable bonds is 5. The molecule has 76 valence electrons. The Bertz CT molecular complexity index is 186. The van der Waals surface area contributed by atoms with Gasteiger partial charge in [0.1, 0.15) is 0 Å². The third kappa shape index (κ3) is 5.22. The van der Waals surface area contributed by atoms with Gasteiger partial charge in [-0.15, -0.1) is 0 Å². The molecule has 1 atom stereocenters. The van der Waals surface area contributed by atoms with E-state index < -0.39 is 17.9 Å². The molecule has 0 saturated carbocycles. The van der Waals surface area contributed by atoms with Crippen molar-refractivity contribution in [2.45, 2.75) is 26.7 Å². The number of methoxy groups -OCH3 is 1. The Kier molecular flexibility index (Phi) is 5.11. The van der Waals surface area contributed by atoms with Crippen LogP contribution in [0.15, 0.2) is 0 Å². The summed E-state index contributed by atoms with van der Waals surface area (Å²) in [5.74, 6) is -1.99. The van der Waals surface area contributed by atoms with Gasteiger partial charge in [-0.3, -0.25) is 4.79 Å². The van der Waals surface area contributed by atoms with E-state index >= 15 is 0 Å². The lowest BCUT2D eigenvalue weighted by atomic mass is 9.94. The predicted molar refractivity (Wildman–Crippen MR) is 44.6 cm³/mol. The fourth-order valence-corrected chi connectivity index (χ4v) is 1.20. The van der Waals surface area contributed by atoms with E-state index in [0.29, 0.717) is 6.42 Å². The molecule has 0 spiro atoms. The number of carboxylic acids is 1. The highest BCUT2D eigenvalue weighted by Crippen LogP contribution is 2.16. The second-order valence-electron chi connectivity index (χ2n) is 3.43. The highest BCUT2D eigenvalue weighted by molar-refractivity contribution is 5.78. The van der Waals surface area contributed by atoms with Crippen LogP contribution in [0.3, 0.4) is 0 Å². The summed E-state index contributed by atoms with van der Waals surface area (Å²) in [6, 6.07) is 0. The third-order valence-corrected chi connectivity index (χ3v) is 1.70. The fraction of sp³-hybridized carbons (Fsp3) is 0.778. The first-order chi connectivity index (χ1) is 5.97. The molecule has 4 heteroatoms. The maximum atomic E-state index is 11.1. The lowest BCUT2D eigenvalue weighted by molar-refractivity contribution is -0.306. The zero-order valence-electron chi connectivity index (χ0n) is 8.20. The molecule has 0 amide bonds. The van der Waals surface area contributed by atoms with Gasteiger partial charge in [-0.1, -0.05) is 13.8 Å². The number of ether oxygens (including phenoxy) is 1. The summed E-state index contributed by atoms with van der Waals surface area (Å²) in [5, 5.41) is 10.3. The summed E-state index contributed by atoms with van der Waals surface area (Å²) in [4.78, 5) is 21.4. The van der Waals surface area contributed by atoms with Gasteiger partial charge in [0.2, 0.25) is 0 Å². The topological polar surface area (TPSA) is 66.4 Å². The third-order valence-electron chi connectivity index (χ3n) is 1.70. The largest absolute Gasteiger partial charge is 0.550 e. The van der Waals surface area contributed by atoms with Gasteiger partial charge in [0.15, 0.2) is 0 Å². The van der Waals surface area contributed by atoms with E-state index in [2.05, 4.69) is 4.74 Å². The van der Waals surface area contributed by atoms with E-state index in [1.165, 1.54) is 7.11 Å². The van der Waals surface area contributed by atoms with Crippen LogP contribution < -0.4 is 5.11 Å². The first kappa shape index (κ1) is 11.9. The van der Waals surface area contributed by atoms with Crippen molar-refractivity contribution in [1.29, 1.82) is 0 Å². The Morgan fingerprint density at radius 2 is 1.92 bits per heavy atom. The Morgan fingerprint density at radius 1 is 1.38 bits per heavy atom. The molecule has 0 fully saturated rings. The first-order valence-corrected chi connectivity index (χ1v) is 4.25.